The number of carbonyl (C=O) groups is 1. The molecule has 0 aromatic heterocycles. The Morgan fingerprint density at radius 2 is 2.50 bits per heavy atom. The Bertz CT molecular complexity index is 180. The maximum absolute atomic E-state index is 11.1. The molecule has 3 nitrogen and oxygen atoms in total. The van der Waals surface area contributed by atoms with Crippen molar-refractivity contribution in [3.05, 3.63) is 0 Å². The van der Waals surface area contributed by atoms with Gasteiger partial charge in [0.2, 0.25) is 5.91 Å². The maximum Gasteiger partial charge on any atom is 0.225 e. The van der Waals surface area contributed by atoms with Crippen LogP contribution in [0.4, 0.5) is 0 Å². The number of fused-ring (bicyclic) bond motifs is 1. The topological polar surface area (TPSA) is 29.5 Å². The quantitative estimate of drug-likeness (QED) is 0.487. The van der Waals surface area contributed by atoms with Gasteiger partial charge in [-0.1, -0.05) is 0 Å². The van der Waals surface area contributed by atoms with Gasteiger partial charge in [-0.2, -0.15) is 0 Å². The zero-order chi connectivity index (χ0) is 7.19. The molecule has 2 saturated heterocycles. The van der Waals surface area contributed by atoms with Gasteiger partial charge in [0.05, 0.1) is 6.61 Å². The van der Waals surface area contributed by atoms with Gasteiger partial charge in [-0.3, -0.25) is 4.79 Å². The first-order valence-electron chi connectivity index (χ1n) is 3.67. The molecule has 10 heavy (non-hydrogen) atoms. The van der Waals surface area contributed by atoms with E-state index in [1.807, 2.05) is 11.8 Å². The fourth-order valence-corrected chi connectivity index (χ4v) is 1.74. The second kappa shape index (κ2) is 1.72. The first-order valence-corrected chi connectivity index (χ1v) is 3.67. The third-order valence-electron chi connectivity index (χ3n) is 2.40. The zero-order valence-electron chi connectivity index (χ0n) is 6.09. The van der Waals surface area contributed by atoms with Crippen LogP contribution >= 0.6 is 0 Å². The molecule has 2 aliphatic rings. The van der Waals surface area contributed by atoms with E-state index in [1.165, 1.54) is 0 Å². The minimum Gasteiger partial charge on any atom is -0.354 e. The molecule has 1 unspecified atom stereocenters. The van der Waals surface area contributed by atoms with Gasteiger partial charge in [0.15, 0.2) is 0 Å². The average molecular weight is 141 g/mol. The number of ether oxygens (including phenoxy) is 1. The van der Waals surface area contributed by atoms with Crippen LogP contribution in [0.5, 0.6) is 0 Å². The summed E-state index contributed by atoms with van der Waals surface area (Å²) in [6, 6.07) is 0. The van der Waals surface area contributed by atoms with Crippen molar-refractivity contribution in [3.8, 4) is 0 Å². The SMILES string of the molecule is CC12CCC(=O)N1CCO2. The summed E-state index contributed by atoms with van der Waals surface area (Å²) in [7, 11) is 0. The van der Waals surface area contributed by atoms with Crippen LogP contribution in [0, 0.1) is 0 Å². The predicted octanol–water partition coefficient (Wildman–Crippen LogP) is 0.355. The van der Waals surface area contributed by atoms with Crippen molar-refractivity contribution in [1.82, 2.24) is 4.90 Å². The van der Waals surface area contributed by atoms with Crippen LogP contribution in [0.25, 0.3) is 0 Å². The summed E-state index contributed by atoms with van der Waals surface area (Å²) in [5.41, 5.74) is -0.239. The summed E-state index contributed by atoms with van der Waals surface area (Å²) >= 11 is 0. The summed E-state index contributed by atoms with van der Waals surface area (Å²) in [6.45, 7) is 3.49. The molecule has 2 fully saturated rings. The lowest BCUT2D eigenvalue weighted by atomic mass is 10.2. The summed E-state index contributed by atoms with van der Waals surface area (Å²) < 4.78 is 5.44. The molecule has 0 aliphatic carbocycles. The lowest BCUT2D eigenvalue weighted by Crippen LogP contribution is -2.38. The van der Waals surface area contributed by atoms with Crippen LogP contribution in [-0.4, -0.2) is 29.7 Å². The van der Waals surface area contributed by atoms with Gasteiger partial charge in [0, 0.05) is 19.4 Å². The highest BCUT2D eigenvalue weighted by Gasteiger charge is 2.45. The molecule has 0 spiro atoms. The fraction of sp³-hybridized carbons (Fsp3) is 0.857. The van der Waals surface area contributed by atoms with Gasteiger partial charge in [-0.25, -0.2) is 0 Å². The van der Waals surface area contributed by atoms with Gasteiger partial charge in [0.1, 0.15) is 5.72 Å². The molecule has 56 valence electrons. The predicted molar refractivity (Wildman–Crippen MR) is 35.3 cm³/mol. The van der Waals surface area contributed by atoms with E-state index in [0.29, 0.717) is 13.0 Å². The third kappa shape index (κ3) is 0.611. The Morgan fingerprint density at radius 1 is 1.70 bits per heavy atom. The number of hydrogen-bond acceptors (Lipinski definition) is 2. The largest absolute Gasteiger partial charge is 0.354 e. The Labute approximate surface area is 60.0 Å². The van der Waals surface area contributed by atoms with E-state index >= 15 is 0 Å². The normalized spacial score (nSPS) is 38.9. The lowest BCUT2D eigenvalue weighted by molar-refractivity contribution is -0.134. The van der Waals surface area contributed by atoms with Crippen molar-refractivity contribution >= 4 is 5.91 Å². The number of nitrogens with zero attached hydrogens (tertiary/aromatic N) is 1. The van der Waals surface area contributed by atoms with Crippen molar-refractivity contribution in [2.45, 2.75) is 25.5 Å². The number of hydrogen-bond donors (Lipinski definition) is 0. The highest BCUT2D eigenvalue weighted by Crippen LogP contribution is 2.34. The Hall–Kier alpha value is -0.570. The van der Waals surface area contributed by atoms with Crippen LogP contribution in [0.15, 0.2) is 0 Å². The summed E-state index contributed by atoms with van der Waals surface area (Å²) in [6.07, 6.45) is 1.53. The molecule has 0 radical (unpaired) electrons. The van der Waals surface area contributed by atoms with Crippen LogP contribution in [0.3, 0.4) is 0 Å². The fourth-order valence-electron chi connectivity index (χ4n) is 1.74. The first kappa shape index (κ1) is 6.16. The van der Waals surface area contributed by atoms with Crippen LogP contribution in [0.2, 0.25) is 0 Å². The van der Waals surface area contributed by atoms with E-state index in [4.69, 9.17) is 4.74 Å². The summed E-state index contributed by atoms with van der Waals surface area (Å²) in [4.78, 5) is 12.9. The Morgan fingerprint density at radius 3 is 3.20 bits per heavy atom. The molecule has 3 heteroatoms. The summed E-state index contributed by atoms with van der Waals surface area (Å²) in [5.74, 6) is 0.250. The van der Waals surface area contributed by atoms with Gasteiger partial charge in [-0.15, -0.1) is 0 Å². The standard InChI is InChI=1S/C7H11NO2/c1-7-3-2-6(9)8(7)4-5-10-7/h2-5H2,1H3. The first-order chi connectivity index (χ1) is 4.72. The van der Waals surface area contributed by atoms with E-state index in [1.54, 1.807) is 0 Å². The maximum atomic E-state index is 11.1. The smallest absolute Gasteiger partial charge is 0.225 e. The molecular weight excluding hydrogens is 130 g/mol. The van der Waals surface area contributed by atoms with Gasteiger partial charge in [-0.05, 0) is 6.92 Å². The van der Waals surface area contributed by atoms with Crippen molar-refractivity contribution in [3.63, 3.8) is 0 Å². The van der Waals surface area contributed by atoms with Crippen molar-refractivity contribution in [1.29, 1.82) is 0 Å². The third-order valence-corrected chi connectivity index (χ3v) is 2.40. The van der Waals surface area contributed by atoms with Crippen molar-refractivity contribution in [2.75, 3.05) is 13.2 Å². The second-order valence-corrected chi connectivity index (χ2v) is 3.07. The molecule has 0 saturated carbocycles. The second-order valence-electron chi connectivity index (χ2n) is 3.07. The van der Waals surface area contributed by atoms with Crippen LogP contribution in [-0.2, 0) is 9.53 Å². The minimum atomic E-state index is -0.239. The average Bonchev–Trinajstić information content (AvgIpc) is 2.35. The van der Waals surface area contributed by atoms with E-state index < -0.39 is 0 Å². The molecular formula is C7H11NO2. The molecule has 2 aliphatic heterocycles. The Balaban J connectivity index is 2.27. The molecule has 1 amide bonds. The van der Waals surface area contributed by atoms with Crippen molar-refractivity contribution in [2.24, 2.45) is 0 Å². The van der Waals surface area contributed by atoms with Gasteiger partial charge >= 0.3 is 0 Å². The number of carbonyl (C=O) groups excluding carboxylic acids is 1. The molecule has 0 aromatic carbocycles. The van der Waals surface area contributed by atoms with E-state index in [0.717, 1.165) is 13.0 Å². The van der Waals surface area contributed by atoms with E-state index in [2.05, 4.69) is 0 Å². The lowest BCUT2D eigenvalue weighted by Gasteiger charge is -2.25. The Kier molecular flexibility index (Phi) is 1.06. The molecule has 0 N–H and O–H groups in total. The number of rotatable bonds is 0. The molecule has 2 rings (SSSR count). The van der Waals surface area contributed by atoms with E-state index in [-0.39, 0.29) is 11.6 Å². The van der Waals surface area contributed by atoms with Crippen LogP contribution in [0.1, 0.15) is 19.8 Å². The highest BCUT2D eigenvalue weighted by atomic mass is 16.5. The van der Waals surface area contributed by atoms with E-state index in [9.17, 15) is 4.79 Å². The monoisotopic (exact) mass is 141 g/mol. The highest BCUT2D eigenvalue weighted by molar-refractivity contribution is 5.79. The molecule has 0 aromatic rings. The number of amides is 1. The van der Waals surface area contributed by atoms with Crippen molar-refractivity contribution < 1.29 is 9.53 Å². The molecule has 2 heterocycles. The summed E-state index contributed by atoms with van der Waals surface area (Å²) in [5, 5.41) is 0. The molecule has 1 atom stereocenters. The van der Waals surface area contributed by atoms with Gasteiger partial charge in [0.25, 0.3) is 0 Å². The van der Waals surface area contributed by atoms with Gasteiger partial charge < -0.3 is 9.64 Å². The minimum absolute atomic E-state index is 0.239. The molecule has 0 bridgehead atoms. The zero-order valence-corrected chi connectivity index (χ0v) is 6.09. The van der Waals surface area contributed by atoms with Crippen LogP contribution < -0.4 is 0 Å².